The van der Waals surface area contributed by atoms with Crippen LogP contribution in [0.3, 0.4) is 0 Å². The number of nitrogens with one attached hydrogen (secondary N) is 2. The minimum Gasteiger partial charge on any atom is -0.481 e. The Morgan fingerprint density at radius 3 is 2.85 bits per heavy atom. The highest BCUT2D eigenvalue weighted by Crippen LogP contribution is 2.31. The summed E-state index contributed by atoms with van der Waals surface area (Å²) in [6.45, 7) is 0.700. The van der Waals surface area contributed by atoms with Crippen molar-refractivity contribution in [3.63, 3.8) is 0 Å². The second-order valence-electron chi connectivity index (χ2n) is 9.04. The normalized spacial score (nSPS) is 21.1. The monoisotopic (exact) mass is 478 g/mol. The highest BCUT2D eigenvalue weighted by molar-refractivity contribution is 8.00. The molecule has 0 aromatic carbocycles. The Kier molecular flexibility index (Phi) is 6.94. The molecule has 9 heteroatoms. The molecule has 4 N–H and O–H groups in total. The molecule has 1 aliphatic carbocycles. The van der Waals surface area contributed by atoms with Crippen LogP contribution in [0.2, 0.25) is 0 Å². The van der Waals surface area contributed by atoms with E-state index in [-0.39, 0.29) is 11.9 Å². The van der Waals surface area contributed by atoms with Crippen LogP contribution in [0.5, 0.6) is 5.88 Å². The topological polar surface area (TPSA) is 115 Å². The number of nitrogens with two attached hydrogens (primary N) is 1. The number of aromatic nitrogens is 3. The number of amides is 1. The molecule has 1 amide bonds. The molecule has 3 aromatic heterocycles. The fourth-order valence-electron chi connectivity index (χ4n) is 4.86. The third-order valence-electron chi connectivity index (χ3n) is 6.79. The van der Waals surface area contributed by atoms with E-state index in [4.69, 9.17) is 10.5 Å². The van der Waals surface area contributed by atoms with Gasteiger partial charge in [-0.05, 0) is 67.9 Å². The Morgan fingerprint density at radius 1 is 1.18 bits per heavy atom. The van der Waals surface area contributed by atoms with Crippen molar-refractivity contribution in [2.75, 3.05) is 18.2 Å². The number of ether oxygens (including phenoxy) is 1. The number of nitrogens with zero attached hydrogens (tertiary/aromatic N) is 3. The van der Waals surface area contributed by atoms with E-state index < -0.39 is 0 Å². The van der Waals surface area contributed by atoms with Crippen LogP contribution in [0.25, 0.3) is 11.0 Å². The first-order valence-electron chi connectivity index (χ1n) is 11.8. The number of hydrogen-bond donors (Lipinski definition) is 3. The number of carbonyl (C=O) groups excluding carboxylic acids is 1. The quantitative estimate of drug-likeness (QED) is 0.474. The fraction of sp³-hybridized carbons (Fsp3) is 0.440. The van der Waals surface area contributed by atoms with Gasteiger partial charge in [0.2, 0.25) is 11.8 Å². The van der Waals surface area contributed by atoms with E-state index in [1.807, 2.05) is 36.5 Å². The van der Waals surface area contributed by atoms with Crippen LogP contribution in [0.15, 0.2) is 41.4 Å². The summed E-state index contributed by atoms with van der Waals surface area (Å²) in [5, 5.41) is 6.51. The second-order valence-corrected chi connectivity index (χ2v) is 10.1. The third kappa shape index (κ3) is 5.16. The van der Waals surface area contributed by atoms with E-state index in [1.54, 1.807) is 7.11 Å². The average molecular weight is 479 g/mol. The molecule has 0 saturated heterocycles. The molecule has 4 heterocycles. The lowest BCUT2D eigenvalue weighted by Crippen LogP contribution is -2.39. The number of hydrogen-bond acceptors (Lipinski definition) is 8. The highest BCUT2D eigenvalue weighted by atomic mass is 32.2. The molecule has 0 bridgehead atoms. The first-order chi connectivity index (χ1) is 16.6. The molecule has 1 fully saturated rings. The van der Waals surface area contributed by atoms with Gasteiger partial charge in [-0.2, -0.15) is 0 Å². The number of fused-ring (bicyclic) bond motifs is 2. The van der Waals surface area contributed by atoms with Gasteiger partial charge < -0.3 is 21.1 Å². The number of pyridine rings is 3. The Labute approximate surface area is 203 Å². The van der Waals surface area contributed by atoms with Crippen molar-refractivity contribution in [2.24, 2.45) is 11.7 Å². The van der Waals surface area contributed by atoms with Gasteiger partial charge in [-0.3, -0.25) is 9.78 Å². The van der Waals surface area contributed by atoms with E-state index in [2.05, 4.69) is 25.6 Å². The molecule has 2 aliphatic rings. The predicted molar refractivity (Wildman–Crippen MR) is 134 cm³/mol. The van der Waals surface area contributed by atoms with Gasteiger partial charge in [-0.15, -0.1) is 11.8 Å². The van der Waals surface area contributed by atoms with E-state index in [1.165, 1.54) is 11.8 Å². The SMILES string of the molecule is COc1ccc2nccc(C[C@@H](N)[C@H]3CC[C@H](NCc4ccc5c(n4)NC(=O)CS5)CC3)c2n1. The minimum atomic E-state index is 0.0134. The molecule has 0 unspecified atom stereocenters. The Bertz CT molecular complexity index is 1180. The van der Waals surface area contributed by atoms with Gasteiger partial charge in [0, 0.05) is 30.9 Å². The first-order valence-corrected chi connectivity index (χ1v) is 12.8. The molecule has 5 rings (SSSR count). The largest absolute Gasteiger partial charge is 0.481 e. The molecule has 34 heavy (non-hydrogen) atoms. The van der Waals surface area contributed by atoms with Gasteiger partial charge in [0.05, 0.1) is 34.5 Å². The molecule has 3 aromatic rings. The van der Waals surface area contributed by atoms with Gasteiger partial charge in [-0.25, -0.2) is 9.97 Å². The number of thioether (sulfide) groups is 1. The van der Waals surface area contributed by atoms with E-state index in [0.29, 0.717) is 36.0 Å². The van der Waals surface area contributed by atoms with Crippen molar-refractivity contribution in [1.29, 1.82) is 0 Å². The molecule has 1 atom stereocenters. The smallest absolute Gasteiger partial charge is 0.235 e. The maximum absolute atomic E-state index is 11.6. The van der Waals surface area contributed by atoms with Gasteiger partial charge in [0.1, 0.15) is 5.82 Å². The zero-order chi connectivity index (χ0) is 23.5. The minimum absolute atomic E-state index is 0.0134. The molecule has 8 nitrogen and oxygen atoms in total. The van der Waals surface area contributed by atoms with Crippen molar-refractivity contribution < 1.29 is 9.53 Å². The summed E-state index contributed by atoms with van der Waals surface area (Å²) in [5.41, 5.74) is 10.5. The van der Waals surface area contributed by atoms with Crippen LogP contribution in [0.1, 0.15) is 36.9 Å². The van der Waals surface area contributed by atoms with Crippen LogP contribution in [-0.4, -0.2) is 45.8 Å². The maximum atomic E-state index is 11.6. The van der Waals surface area contributed by atoms with Crippen LogP contribution in [0.4, 0.5) is 5.82 Å². The molecule has 1 saturated carbocycles. The summed E-state index contributed by atoms with van der Waals surface area (Å²) < 4.78 is 5.30. The molecule has 1 aliphatic heterocycles. The second kappa shape index (κ2) is 10.2. The Balaban J connectivity index is 1.14. The molecule has 178 valence electrons. The van der Waals surface area contributed by atoms with Gasteiger partial charge >= 0.3 is 0 Å². The lowest BCUT2D eigenvalue weighted by atomic mass is 9.80. The van der Waals surface area contributed by atoms with E-state index in [0.717, 1.165) is 59.3 Å². The van der Waals surface area contributed by atoms with Crippen LogP contribution < -0.4 is 21.1 Å². The van der Waals surface area contributed by atoms with Crippen LogP contribution >= 0.6 is 11.8 Å². The zero-order valence-electron chi connectivity index (χ0n) is 19.3. The zero-order valence-corrected chi connectivity index (χ0v) is 20.1. The lowest BCUT2D eigenvalue weighted by molar-refractivity contribution is -0.113. The third-order valence-corrected chi connectivity index (χ3v) is 7.84. The Hall–Kier alpha value is -2.75. The van der Waals surface area contributed by atoms with E-state index >= 15 is 0 Å². The molecule has 0 radical (unpaired) electrons. The lowest BCUT2D eigenvalue weighted by Gasteiger charge is -2.33. The fourth-order valence-corrected chi connectivity index (χ4v) is 5.62. The number of anilines is 1. The number of carbonyl (C=O) groups is 1. The Morgan fingerprint density at radius 2 is 2.03 bits per heavy atom. The van der Waals surface area contributed by atoms with Crippen LogP contribution in [-0.2, 0) is 17.8 Å². The molecule has 0 spiro atoms. The summed E-state index contributed by atoms with van der Waals surface area (Å²) in [5.74, 6) is 2.24. The van der Waals surface area contributed by atoms with Crippen molar-refractivity contribution in [1.82, 2.24) is 20.3 Å². The standard InChI is InChI=1S/C25H30N6O2S/c1-33-23-9-7-20-24(31-23)16(10-11-27-20)12-19(26)15-2-4-17(5-3-15)28-13-18-6-8-21-25(29-18)30-22(32)14-34-21/h6-11,15,17,19,28H,2-5,12-14,26H2,1H3,(H,29,30,32)/t15-,17-,19-/m1/s1. The van der Waals surface area contributed by atoms with Crippen molar-refractivity contribution >= 4 is 34.5 Å². The first kappa shape index (κ1) is 23.0. The number of methoxy groups -OCH3 is 1. The maximum Gasteiger partial charge on any atom is 0.235 e. The van der Waals surface area contributed by atoms with E-state index in [9.17, 15) is 4.79 Å². The van der Waals surface area contributed by atoms with Crippen molar-refractivity contribution in [3.8, 4) is 5.88 Å². The summed E-state index contributed by atoms with van der Waals surface area (Å²) in [7, 11) is 1.63. The van der Waals surface area contributed by atoms with Crippen molar-refractivity contribution in [3.05, 3.63) is 47.8 Å². The van der Waals surface area contributed by atoms with Crippen LogP contribution in [0, 0.1) is 5.92 Å². The van der Waals surface area contributed by atoms with Gasteiger partial charge in [0.15, 0.2) is 0 Å². The highest BCUT2D eigenvalue weighted by Gasteiger charge is 2.26. The average Bonchev–Trinajstić information content (AvgIpc) is 2.87. The summed E-state index contributed by atoms with van der Waals surface area (Å²) in [6, 6.07) is 10.4. The molecular weight excluding hydrogens is 448 g/mol. The summed E-state index contributed by atoms with van der Waals surface area (Å²) in [6.07, 6.45) is 7.01. The summed E-state index contributed by atoms with van der Waals surface area (Å²) in [4.78, 5) is 26.3. The summed E-state index contributed by atoms with van der Waals surface area (Å²) >= 11 is 1.54. The number of rotatable bonds is 7. The van der Waals surface area contributed by atoms with Gasteiger partial charge in [0.25, 0.3) is 0 Å². The van der Waals surface area contributed by atoms with Crippen molar-refractivity contribution in [2.45, 2.75) is 55.6 Å². The van der Waals surface area contributed by atoms with Gasteiger partial charge in [-0.1, -0.05) is 0 Å². The predicted octanol–water partition coefficient (Wildman–Crippen LogP) is 3.30. The molecular formula is C25H30N6O2S.